The summed E-state index contributed by atoms with van der Waals surface area (Å²) >= 11 is 0. The molecule has 0 spiro atoms. The van der Waals surface area contributed by atoms with Gasteiger partial charge in [-0.3, -0.25) is 20.1 Å². The Hall–Kier alpha value is -3.13. The van der Waals surface area contributed by atoms with Crippen molar-refractivity contribution < 1.29 is 4.39 Å². The van der Waals surface area contributed by atoms with E-state index in [2.05, 4.69) is 15.5 Å². The van der Waals surface area contributed by atoms with E-state index in [4.69, 9.17) is 5.84 Å². The lowest BCUT2D eigenvalue weighted by Crippen LogP contribution is -2.34. The van der Waals surface area contributed by atoms with Gasteiger partial charge in [-0.25, -0.2) is 15.2 Å². The lowest BCUT2D eigenvalue weighted by Gasteiger charge is -2.24. The number of aryl methyl sites for hydroxylation is 1. The van der Waals surface area contributed by atoms with E-state index in [1.807, 2.05) is 18.3 Å². The molecule has 0 fully saturated rings. The van der Waals surface area contributed by atoms with Crippen molar-refractivity contribution in [3.05, 3.63) is 65.6 Å². The first kappa shape index (κ1) is 13.5. The van der Waals surface area contributed by atoms with Crippen molar-refractivity contribution >= 4 is 17.7 Å². The summed E-state index contributed by atoms with van der Waals surface area (Å²) in [5.41, 5.74) is 7.32. The van der Waals surface area contributed by atoms with E-state index in [0.29, 0.717) is 0 Å². The predicted octanol–water partition coefficient (Wildman–Crippen LogP) is 1.31. The van der Waals surface area contributed by atoms with Gasteiger partial charge < -0.3 is 0 Å². The topological polar surface area (TPSA) is 74.7 Å². The Morgan fingerprint density at radius 3 is 2.70 bits per heavy atom. The molecule has 0 unspecified atom stereocenters. The molecule has 0 aliphatic carbocycles. The first-order chi connectivity index (χ1) is 11.1. The molecule has 1 aromatic heterocycles. The number of benzene rings is 1. The molecule has 23 heavy (non-hydrogen) atoms. The maximum Gasteiger partial charge on any atom is 0.123 e. The monoisotopic (exact) mass is 311 g/mol. The van der Waals surface area contributed by atoms with Gasteiger partial charge in [-0.05, 0) is 24.3 Å². The van der Waals surface area contributed by atoms with Crippen LogP contribution in [0.25, 0.3) is 5.70 Å². The molecule has 116 valence electrons. The second-order valence-corrected chi connectivity index (χ2v) is 5.26. The molecule has 0 radical (unpaired) electrons. The maximum absolute atomic E-state index is 13.2. The third-order valence-corrected chi connectivity index (χ3v) is 3.61. The number of aliphatic imine (C=N–C) groups is 1. The summed E-state index contributed by atoms with van der Waals surface area (Å²) < 4.78 is 14.9. The van der Waals surface area contributed by atoms with Gasteiger partial charge in [0.25, 0.3) is 0 Å². The van der Waals surface area contributed by atoms with Crippen LogP contribution in [0.15, 0.2) is 59.2 Å². The fraction of sp³-hybridized carbons (Fsp3) is 0.0667. The van der Waals surface area contributed by atoms with Gasteiger partial charge in [0.05, 0.1) is 23.8 Å². The van der Waals surface area contributed by atoms with E-state index < -0.39 is 0 Å². The molecular weight excluding hydrogens is 297 g/mol. The quantitative estimate of drug-likeness (QED) is 0.818. The normalized spacial score (nSPS) is 16.6. The first-order valence-electron chi connectivity index (χ1n) is 6.97. The molecule has 2 aliphatic rings. The number of fused-ring (bicyclic) bond motifs is 1. The smallest absolute Gasteiger partial charge is 0.123 e. The zero-order valence-corrected chi connectivity index (χ0v) is 12.3. The third-order valence-electron chi connectivity index (χ3n) is 3.61. The Bertz CT molecular complexity index is 847. The van der Waals surface area contributed by atoms with Crippen molar-refractivity contribution in [1.29, 1.82) is 0 Å². The van der Waals surface area contributed by atoms with Crippen molar-refractivity contribution in [2.24, 2.45) is 17.9 Å². The predicted molar refractivity (Wildman–Crippen MR) is 84.7 cm³/mol. The molecule has 8 heteroatoms. The van der Waals surface area contributed by atoms with Crippen molar-refractivity contribution in [2.45, 2.75) is 0 Å². The van der Waals surface area contributed by atoms with E-state index in [-0.39, 0.29) is 5.82 Å². The Morgan fingerprint density at radius 1 is 1.22 bits per heavy atom. The van der Waals surface area contributed by atoms with Crippen LogP contribution >= 0.6 is 0 Å². The van der Waals surface area contributed by atoms with E-state index in [1.54, 1.807) is 29.2 Å². The average molecular weight is 311 g/mol. The van der Waals surface area contributed by atoms with Crippen LogP contribution in [-0.2, 0) is 7.05 Å². The summed E-state index contributed by atoms with van der Waals surface area (Å²) in [5, 5.41) is 7.38. The van der Waals surface area contributed by atoms with Gasteiger partial charge >= 0.3 is 0 Å². The summed E-state index contributed by atoms with van der Waals surface area (Å²) in [4.78, 5) is 4.40. The molecular formula is C15H14FN7. The van der Waals surface area contributed by atoms with E-state index >= 15 is 0 Å². The van der Waals surface area contributed by atoms with E-state index in [9.17, 15) is 4.39 Å². The molecule has 0 saturated carbocycles. The molecule has 3 N–H and O–H groups in total. The fourth-order valence-corrected chi connectivity index (χ4v) is 2.55. The van der Waals surface area contributed by atoms with E-state index in [0.717, 1.165) is 28.3 Å². The molecule has 0 bridgehead atoms. The standard InChI is InChI=1S/C15H14FN7/c1-21-7-10(6-19-21)14-15-13(8-22(17)9-18-15)23(20-14)12-4-2-11(16)3-5-12/h2-9,20H,17H2,1H3. The summed E-state index contributed by atoms with van der Waals surface area (Å²) in [5.74, 6) is 5.51. The van der Waals surface area contributed by atoms with Crippen LogP contribution in [0.4, 0.5) is 10.1 Å². The van der Waals surface area contributed by atoms with Gasteiger partial charge in [0.1, 0.15) is 23.5 Å². The van der Waals surface area contributed by atoms with Crippen LogP contribution in [0.5, 0.6) is 0 Å². The molecule has 0 atom stereocenters. The number of nitrogens with one attached hydrogen (secondary N) is 1. The van der Waals surface area contributed by atoms with Crippen molar-refractivity contribution in [1.82, 2.24) is 20.2 Å². The molecule has 4 rings (SSSR count). The average Bonchev–Trinajstić information content (AvgIpc) is 3.11. The van der Waals surface area contributed by atoms with Crippen LogP contribution < -0.4 is 16.3 Å². The summed E-state index contributed by atoms with van der Waals surface area (Å²) in [6.45, 7) is 0. The highest BCUT2D eigenvalue weighted by Crippen LogP contribution is 2.35. The van der Waals surface area contributed by atoms with Crippen LogP contribution in [0.2, 0.25) is 0 Å². The fourth-order valence-electron chi connectivity index (χ4n) is 2.55. The molecule has 0 amide bonds. The highest BCUT2D eigenvalue weighted by molar-refractivity contribution is 5.82. The minimum absolute atomic E-state index is 0.287. The maximum atomic E-state index is 13.2. The minimum atomic E-state index is -0.287. The summed E-state index contributed by atoms with van der Waals surface area (Å²) in [7, 11) is 1.85. The Labute approximate surface area is 131 Å². The number of hydrogen-bond acceptors (Lipinski definition) is 6. The number of hydrazine groups is 2. The van der Waals surface area contributed by atoms with E-state index in [1.165, 1.54) is 23.5 Å². The zero-order chi connectivity index (χ0) is 16.0. The van der Waals surface area contributed by atoms with Gasteiger partial charge in [0.2, 0.25) is 0 Å². The van der Waals surface area contributed by atoms with Crippen LogP contribution in [0.1, 0.15) is 5.56 Å². The SMILES string of the molecule is Cn1cc(C2=C3N=CN(N)C=C3N(c3ccc(F)cc3)N2)cn1. The number of aromatic nitrogens is 2. The molecule has 7 nitrogen and oxygen atoms in total. The van der Waals surface area contributed by atoms with Crippen LogP contribution in [0, 0.1) is 5.82 Å². The van der Waals surface area contributed by atoms with Crippen LogP contribution in [-0.4, -0.2) is 21.1 Å². The van der Waals surface area contributed by atoms with Gasteiger partial charge in [0.15, 0.2) is 0 Å². The van der Waals surface area contributed by atoms with Crippen LogP contribution in [0.3, 0.4) is 0 Å². The molecule has 2 aliphatic heterocycles. The Balaban J connectivity index is 1.79. The molecule has 0 saturated heterocycles. The lowest BCUT2D eigenvalue weighted by atomic mass is 10.2. The number of nitrogens with two attached hydrogens (primary N) is 1. The second-order valence-electron chi connectivity index (χ2n) is 5.26. The Morgan fingerprint density at radius 2 is 2.00 bits per heavy atom. The largest absolute Gasteiger partial charge is 0.291 e. The van der Waals surface area contributed by atoms with Gasteiger partial charge in [-0.1, -0.05) is 0 Å². The minimum Gasteiger partial charge on any atom is -0.291 e. The number of rotatable bonds is 2. The lowest BCUT2D eigenvalue weighted by molar-refractivity contribution is 0.598. The summed E-state index contributed by atoms with van der Waals surface area (Å²) in [6, 6.07) is 6.19. The highest BCUT2D eigenvalue weighted by Gasteiger charge is 2.31. The number of halogens is 1. The number of hydrogen-bond donors (Lipinski definition) is 2. The van der Waals surface area contributed by atoms with Crippen molar-refractivity contribution in [3.63, 3.8) is 0 Å². The zero-order valence-electron chi connectivity index (χ0n) is 12.3. The highest BCUT2D eigenvalue weighted by atomic mass is 19.1. The van der Waals surface area contributed by atoms with Gasteiger partial charge in [-0.2, -0.15) is 5.10 Å². The van der Waals surface area contributed by atoms with Crippen molar-refractivity contribution in [3.8, 4) is 0 Å². The molecule has 1 aromatic carbocycles. The first-order valence-corrected chi connectivity index (χ1v) is 6.97. The molecule has 2 aromatic rings. The van der Waals surface area contributed by atoms with Gasteiger partial charge in [0, 0.05) is 18.8 Å². The summed E-state index contributed by atoms with van der Waals surface area (Å²) in [6.07, 6.45) is 6.93. The van der Waals surface area contributed by atoms with Gasteiger partial charge in [-0.15, -0.1) is 0 Å². The molecule has 3 heterocycles. The second kappa shape index (κ2) is 4.96. The Kier molecular flexibility index (Phi) is 2.91. The third kappa shape index (κ3) is 2.25. The number of nitrogens with zero attached hydrogens (tertiary/aromatic N) is 5. The number of anilines is 1. The van der Waals surface area contributed by atoms with Crippen molar-refractivity contribution in [2.75, 3.05) is 5.01 Å².